The van der Waals surface area contributed by atoms with Gasteiger partial charge in [0.15, 0.2) is 6.04 Å². The molecule has 0 aromatic heterocycles. The third-order valence-electron chi connectivity index (χ3n) is 5.82. The summed E-state index contributed by atoms with van der Waals surface area (Å²) >= 11 is 0. The first-order valence-corrected chi connectivity index (χ1v) is 11.3. The SMILES string of the molecule is CNC(=O)C(C(=O)NO)N(C)C(=O)c1ccc(C#CC#Cc2ccc(CNC3CCC3)cc2)cc1. The fourth-order valence-corrected chi connectivity index (χ4v) is 3.47. The van der Waals surface area contributed by atoms with Crippen LogP contribution in [0.15, 0.2) is 48.5 Å². The Labute approximate surface area is 205 Å². The highest BCUT2D eigenvalue weighted by atomic mass is 16.5. The highest BCUT2D eigenvalue weighted by Gasteiger charge is 2.33. The van der Waals surface area contributed by atoms with Gasteiger partial charge in [-0.3, -0.25) is 19.6 Å². The maximum atomic E-state index is 12.7. The van der Waals surface area contributed by atoms with E-state index in [0.717, 1.165) is 17.0 Å². The second-order valence-corrected chi connectivity index (χ2v) is 8.19. The molecule has 180 valence electrons. The summed E-state index contributed by atoms with van der Waals surface area (Å²) in [6.45, 7) is 0.869. The normalized spacial score (nSPS) is 13.1. The molecule has 3 rings (SSSR count). The summed E-state index contributed by atoms with van der Waals surface area (Å²) in [5.41, 5.74) is 4.44. The molecule has 0 radical (unpaired) electrons. The average Bonchev–Trinajstić information content (AvgIpc) is 2.86. The maximum absolute atomic E-state index is 12.7. The largest absolute Gasteiger partial charge is 0.357 e. The van der Waals surface area contributed by atoms with Crippen LogP contribution >= 0.6 is 0 Å². The number of hydrogen-bond acceptors (Lipinski definition) is 5. The summed E-state index contributed by atoms with van der Waals surface area (Å²) in [6, 6.07) is 13.6. The van der Waals surface area contributed by atoms with Gasteiger partial charge in [0.25, 0.3) is 17.7 Å². The number of amides is 3. The van der Waals surface area contributed by atoms with E-state index in [9.17, 15) is 14.4 Å². The van der Waals surface area contributed by atoms with Gasteiger partial charge in [-0.15, -0.1) is 0 Å². The summed E-state index contributed by atoms with van der Waals surface area (Å²) in [6.07, 6.45) is 3.84. The fourth-order valence-electron chi connectivity index (χ4n) is 3.47. The van der Waals surface area contributed by atoms with Crippen molar-refractivity contribution in [2.24, 2.45) is 0 Å². The van der Waals surface area contributed by atoms with E-state index in [4.69, 9.17) is 5.21 Å². The number of nitrogens with zero attached hydrogens (tertiary/aromatic N) is 1. The minimum atomic E-state index is -1.51. The number of rotatable bonds is 7. The van der Waals surface area contributed by atoms with Crippen LogP contribution in [-0.2, 0) is 16.1 Å². The molecule has 0 heterocycles. The smallest absolute Gasteiger partial charge is 0.275 e. The van der Waals surface area contributed by atoms with Gasteiger partial charge in [-0.1, -0.05) is 30.4 Å². The number of nitrogens with one attached hydrogen (secondary N) is 3. The van der Waals surface area contributed by atoms with Crippen LogP contribution in [0.25, 0.3) is 0 Å². The first-order valence-electron chi connectivity index (χ1n) is 11.3. The Morgan fingerprint density at radius 3 is 2.03 bits per heavy atom. The van der Waals surface area contributed by atoms with Gasteiger partial charge in [0.1, 0.15) is 0 Å². The number of carbonyl (C=O) groups excluding carboxylic acids is 3. The Hall–Kier alpha value is -4.11. The van der Waals surface area contributed by atoms with Crippen LogP contribution in [0, 0.1) is 23.7 Å². The van der Waals surface area contributed by atoms with Crippen molar-refractivity contribution in [3.8, 4) is 23.7 Å². The lowest BCUT2D eigenvalue weighted by molar-refractivity contribution is -0.140. The number of carbonyl (C=O) groups is 3. The topological polar surface area (TPSA) is 111 Å². The molecule has 1 unspecified atom stereocenters. The quantitative estimate of drug-likeness (QED) is 0.211. The summed E-state index contributed by atoms with van der Waals surface area (Å²) in [5.74, 6) is 9.27. The first kappa shape index (κ1) is 25.5. The van der Waals surface area contributed by atoms with Crippen LogP contribution in [-0.4, -0.2) is 54.0 Å². The van der Waals surface area contributed by atoms with Gasteiger partial charge in [-0.25, -0.2) is 5.48 Å². The van der Waals surface area contributed by atoms with E-state index in [1.54, 1.807) is 24.3 Å². The zero-order chi connectivity index (χ0) is 25.2. The lowest BCUT2D eigenvalue weighted by Crippen LogP contribution is -2.54. The molecule has 2 aromatic carbocycles. The van der Waals surface area contributed by atoms with Crippen LogP contribution in [0.4, 0.5) is 0 Å². The number of benzene rings is 2. The van der Waals surface area contributed by atoms with Gasteiger partial charge in [0.2, 0.25) is 0 Å². The highest BCUT2D eigenvalue weighted by Crippen LogP contribution is 2.18. The maximum Gasteiger partial charge on any atom is 0.275 e. The third kappa shape index (κ3) is 6.94. The molecule has 8 heteroatoms. The Morgan fingerprint density at radius 2 is 1.54 bits per heavy atom. The highest BCUT2D eigenvalue weighted by molar-refractivity contribution is 6.08. The van der Waals surface area contributed by atoms with E-state index in [2.05, 4.69) is 46.4 Å². The van der Waals surface area contributed by atoms with E-state index in [1.165, 1.54) is 44.4 Å². The van der Waals surface area contributed by atoms with Crippen molar-refractivity contribution in [2.45, 2.75) is 37.9 Å². The summed E-state index contributed by atoms with van der Waals surface area (Å²) in [4.78, 5) is 37.4. The van der Waals surface area contributed by atoms with Crippen molar-refractivity contribution >= 4 is 17.7 Å². The Balaban J connectivity index is 1.58. The molecule has 0 bridgehead atoms. The molecule has 3 amide bonds. The van der Waals surface area contributed by atoms with Gasteiger partial charge < -0.3 is 15.5 Å². The Kier molecular flexibility index (Phi) is 9.02. The second-order valence-electron chi connectivity index (χ2n) is 8.19. The van der Waals surface area contributed by atoms with Gasteiger partial charge in [-0.2, -0.15) is 0 Å². The molecule has 35 heavy (non-hydrogen) atoms. The molecular formula is C27H28N4O4. The van der Waals surface area contributed by atoms with Crippen molar-refractivity contribution in [3.05, 3.63) is 70.8 Å². The Bertz CT molecular complexity index is 1160. The van der Waals surface area contributed by atoms with Crippen molar-refractivity contribution < 1.29 is 19.6 Å². The fraction of sp³-hybridized carbons (Fsp3) is 0.296. The van der Waals surface area contributed by atoms with Gasteiger partial charge in [0, 0.05) is 43.4 Å². The van der Waals surface area contributed by atoms with Crippen molar-refractivity contribution in [2.75, 3.05) is 14.1 Å². The van der Waals surface area contributed by atoms with Crippen molar-refractivity contribution in [3.63, 3.8) is 0 Å². The molecule has 1 atom stereocenters. The van der Waals surface area contributed by atoms with Crippen LogP contribution in [0.1, 0.15) is 46.3 Å². The van der Waals surface area contributed by atoms with Gasteiger partial charge in [0.05, 0.1) is 0 Å². The summed E-state index contributed by atoms with van der Waals surface area (Å²) in [7, 11) is 2.64. The van der Waals surface area contributed by atoms with Crippen LogP contribution in [0.3, 0.4) is 0 Å². The zero-order valence-electron chi connectivity index (χ0n) is 19.7. The third-order valence-corrected chi connectivity index (χ3v) is 5.82. The lowest BCUT2D eigenvalue weighted by atomic mass is 9.93. The molecule has 0 aliphatic heterocycles. The van der Waals surface area contributed by atoms with E-state index in [0.29, 0.717) is 11.6 Å². The summed E-state index contributed by atoms with van der Waals surface area (Å²) < 4.78 is 0. The molecule has 1 aliphatic carbocycles. The van der Waals surface area contributed by atoms with E-state index < -0.39 is 23.8 Å². The van der Waals surface area contributed by atoms with Crippen molar-refractivity contribution in [1.82, 2.24) is 21.0 Å². The zero-order valence-corrected chi connectivity index (χ0v) is 19.7. The molecule has 2 aromatic rings. The molecule has 1 aliphatic rings. The number of hydroxylamine groups is 1. The molecule has 1 fully saturated rings. The number of hydrogen-bond donors (Lipinski definition) is 4. The summed E-state index contributed by atoms with van der Waals surface area (Å²) in [5, 5.41) is 14.7. The van der Waals surface area contributed by atoms with Crippen LogP contribution in [0.2, 0.25) is 0 Å². The molecule has 0 spiro atoms. The molecular weight excluding hydrogens is 444 g/mol. The Morgan fingerprint density at radius 1 is 0.971 bits per heavy atom. The minimum Gasteiger partial charge on any atom is -0.357 e. The van der Waals surface area contributed by atoms with E-state index >= 15 is 0 Å². The second kappa shape index (κ2) is 12.4. The predicted molar refractivity (Wildman–Crippen MR) is 131 cm³/mol. The van der Waals surface area contributed by atoms with Gasteiger partial charge in [-0.05, 0) is 66.6 Å². The molecule has 8 nitrogen and oxygen atoms in total. The standard InChI is InChI=1S/C27H28N4O4/c1-28-25(32)24(26(33)30-35)31(2)27(34)22-16-14-20(15-17-22)7-4-3-6-19-10-12-21(13-11-19)18-29-23-8-5-9-23/h10-17,23-24,29,35H,5,8-9,18H2,1-2H3,(H,28,32)(H,30,33). The molecule has 0 saturated heterocycles. The molecule has 4 N–H and O–H groups in total. The predicted octanol–water partition coefficient (Wildman–Crippen LogP) is 1.42. The minimum absolute atomic E-state index is 0.260. The van der Waals surface area contributed by atoms with Crippen LogP contribution < -0.4 is 16.1 Å². The van der Waals surface area contributed by atoms with Crippen molar-refractivity contribution in [1.29, 1.82) is 0 Å². The lowest BCUT2D eigenvalue weighted by Gasteiger charge is -2.26. The first-order chi connectivity index (χ1) is 16.9. The molecule has 1 saturated carbocycles. The van der Waals surface area contributed by atoms with Crippen LogP contribution in [0.5, 0.6) is 0 Å². The van der Waals surface area contributed by atoms with E-state index in [1.807, 2.05) is 12.1 Å². The van der Waals surface area contributed by atoms with E-state index in [-0.39, 0.29) is 5.56 Å². The number of likely N-dealkylation sites (N-methyl/N-ethyl adjacent to an activating group) is 2. The average molecular weight is 473 g/mol. The monoisotopic (exact) mass is 472 g/mol. The van der Waals surface area contributed by atoms with Gasteiger partial charge >= 0.3 is 0 Å².